The maximum atomic E-state index is 5.82. The maximum Gasteiger partial charge on any atom is 0.196 e. The number of halogens is 1. The fourth-order valence-corrected chi connectivity index (χ4v) is 3.85. The van der Waals surface area contributed by atoms with E-state index in [1.54, 1.807) is 6.20 Å². The quantitative estimate of drug-likeness (QED) is 0.209. The summed E-state index contributed by atoms with van der Waals surface area (Å²) in [7, 11) is 0. The average molecular weight is 554 g/mol. The van der Waals surface area contributed by atoms with E-state index in [4.69, 9.17) is 14.5 Å². The third kappa shape index (κ3) is 7.54. The van der Waals surface area contributed by atoms with Crippen LogP contribution in [0.4, 0.5) is 5.69 Å². The molecule has 176 valence electrons. The van der Waals surface area contributed by atoms with Crippen molar-refractivity contribution in [3.63, 3.8) is 0 Å². The standard InChI is InChI=1S/C23H34N6O2.HI/c1-18-7-12-29(13-8-18)11-2-9-24-23(25-17-20-6-10-26-28-20)27-19-4-5-21-22(16-19)31-15-3-14-30-21;/h4-6,10,16,18H,2-3,7-9,11-15,17H2,1H3,(H,26,28)(H2,24,25,27);1H. The summed E-state index contributed by atoms with van der Waals surface area (Å²) in [5.74, 6) is 3.18. The fourth-order valence-electron chi connectivity index (χ4n) is 3.85. The summed E-state index contributed by atoms with van der Waals surface area (Å²) >= 11 is 0. The highest BCUT2D eigenvalue weighted by atomic mass is 127. The first-order valence-corrected chi connectivity index (χ1v) is 11.4. The average Bonchev–Trinajstić information content (AvgIpc) is 3.20. The first-order chi connectivity index (χ1) is 15.3. The van der Waals surface area contributed by atoms with Crippen LogP contribution in [0.3, 0.4) is 0 Å². The molecule has 8 nitrogen and oxygen atoms in total. The Balaban J connectivity index is 0.00000289. The van der Waals surface area contributed by atoms with Crippen LogP contribution in [0.5, 0.6) is 11.5 Å². The van der Waals surface area contributed by atoms with Gasteiger partial charge >= 0.3 is 0 Å². The summed E-state index contributed by atoms with van der Waals surface area (Å²) in [6.07, 6.45) is 6.35. The van der Waals surface area contributed by atoms with E-state index in [1.165, 1.54) is 25.9 Å². The summed E-state index contributed by atoms with van der Waals surface area (Å²) in [5, 5.41) is 13.9. The highest BCUT2D eigenvalue weighted by molar-refractivity contribution is 14.0. The Labute approximate surface area is 207 Å². The number of aromatic nitrogens is 2. The number of guanidine groups is 1. The van der Waals surface area contributed by atoms with E-state index in [0.717, 1.165) is 60.7 Å². The number of aliphatic imine (C=N–C) groups is 1. The molecule has 0 saturated carbocycles. The van der Waals surface area contributed by atoms with E-state index in [2.05, 4.69) is 32.7 Å². The molecule has 0 amide bonds. The molecular formula is C23H35IN6O2. The van der Waals surface area contributed by atoms with Crippen LogP contribution in [0.1, 0.15) is 38.3 Å². The van der Waals surface area contributed by atoms with E-state index in [0.29, 0.717) is 19.8 Å². The van der Waals surface area contributed by atoms with Crippen molar-refractivity contribution in [2.45, 2.75) is 39.2 Å². The van der Waals surface area contributed by atoms with Crippen molar-refractivity contribution in [1.29, 1.82) is 0 Å². The minimum absolute atomic E-state index is 0. The van der Waals surface area contributed by atoms with Crippen molar-refractivity contribution in [1.82, 2.24) is 20.4 Å². The molecule has 9 heteroatoms. The number of anilines is 1. The Kier molecular flexibility index (Phi) is 9.91. The van der Waals surface area contributed by atoms with Gasteiger partial charge in [0.15, 0.2) is 17.5 Å². The van der Waals surface area contributed by atoms with E-state index < -0.39 is 0 Å². The van der Waals surface area contributed by atoms with Crippen LogP contribution in [0.15, 0.2) is 35.5 Å². The van der Waals surface area contributed by atoms with Gasteiger partial charge in [0.1, 0.15) is 0 Å². The molecule has 1 aromatic carbocycles. The van der Waals surface area contributed by atoms with Crippen LogP contribution in [-0.4, -0.2) is 60.4 Å². The largest absolute Gasteiger partial charge is 0.490 e. The van der Waals surface area contributed by atoms with Crippen LogP contribution in [0.2, 0.25) is 0 Å². The number of piperidine rings is 1. The molecule has 0 spiro atoms. The number of likely N-dealkylation sites (tertiary alicyclic amines) is 1. The molecule has 32 heavy (non-hydrogen) atoms. The Morgan fingerprint density at radius 2 is 2.00 bits per heavy atom. The molecule has 0 aliphatic carbocycles. The molecule has 1 aromatic heterocycles. The van der Waals surface area contributed by atoms with Gasteiger partial charge in [-0.25, -0.2) is 4.99 Å². The first kappa shape index (κ1) is 24.6. The van der Waals surface area contributed by atoms with Crippen LogP contribution >= 0.6 is 24.0 Å². The molecule has 0 radical (unpaired) electrons. The summed E-state index contributed by atoms with van der Waals surface area (Å²) < 4.78 is 11.6. The number of aromatic amines is 1. The second kappa shape index (κ2) is 12.9. The van der Waals surface area contributed by atoms with E-state index in [1.807, 2.05) is 24.3 Å². The van der Waals surface area contributed by atoms with E-state index in [9.17, 15) is 0 Å². The maximum absolute atomic E-state index is 5.82. The molecule has 0 bridgehead atoms. The number of nitrogens with zero attached hydrogens (tertiary/aromatic N) is 3. The van der Waals surface area contributed by atoms with Crippen molar-refractivity contribution >= 4 is 35.6 Å². The van der Waals surface area contributed by atoms with Crippen LogP contribution in [0.25, 0.3) is 0 Å². The predicted octanol–water partition coefficient (Wildman–Crippen LogP) is 3.87. The Morgan fingerprint density at radius 1 is 1.19 bits per heavy atom. The van der Waals surface area contributed by atoms with Crippen LogP contribution in [0, 0.1) is 5.92 Å². The lowest BCUT2D eigenvalue weighted by atomic mass is 9.99. The second-order valence-corrected chi connectivity index (χ2v) is 8.39. The van der Waals surface area contributed by atoms with Gasteiger partial charge in [-0.15, -0.1) is 24.0 Å². The van der Waals surface area contributed by atoms with Gasteiger partial charge in [-0.3, -0.25) is 5.10 Å². The number of benzene rings is 1. The monoisotopic (exact) mass is 554 g/mol. The number of rotatable bonds is 7. The van der Waals surface area contributed by atoms with Gasteiger partial charge < -0.3 is 25.0 Å². The third-order valence-electron chi connectivity index (χ3n) is 5.80. The second-order valence-electron chi connectivity index (χ2n) is 8.39. The van der Waals surface area contributed by atoms with Gasteiger partial charge in [0, 0.05) is 30.9 Å². The topological polar surface area (TPSA) is 86.8 Å². The molecule has 1 saturated heterocycles. The lowest BCUT2D eigenvalue weighted by Gasteiger charge is -2.30. The summed E-state index contributed by atoms with van der Waals surface area (Å²) in [4.78, 5) is 7.29. The highest BCUT2D eigenvalue weighted by Gasteiger charge is 2.15. The zero-order chi connectivity index (χ0) is 21.3. The van der Waals surface area contributed by atoms with Gasteiger partial charge in [0.05, 0.1) is 25.5 Å². The van der Waals surface area contributed by atoms with Gasteiger partial charge in [-0.1, -0.05) is 6.92 Å². The molecule has 3 N–H and O–H groups in total. The van der Waals surface area contributed by atoms with Crippen molar-refractivity contribution in [3.05, 3.63) is 36.2 Å². The van der Waals surface area contributed by atoms with Crippen LogP contribution < -0.4 is 20.1 Å². The van der Waals surface area contributed by atoms with Crippen LogP contribution in [-0.2, 0) is 6.54 Å². The minimum atomic E-state index is 0. The summed E-state index contributed by atoms with van der Waals surface area (Å²) in [6.45, 7) is 8.67. The number of hydrogen-bond acceptors (Lipinski definition) is 5. The van der Waals surface area contributed by atoms with Gasteiger partial charge in [-0.05, 0) is 63.0 Å². The Hall–Kier alpha value is -2.01. The van der Waals surface area contributed by atoms with Crippen molar-refractivity contribution in [3.8, 4) is 11.5 Å². The molecule has 2 aliphatic heterocycles. The van der Waals surface area contributed by atoms with Crippen molar-refractivity contribution < 1.29 is 9.47 Å². The molecule has 0 atom stereocenters. The highest BCUT2D eigenvalue weighted by Crippen LogP contribution is 2.32. The van der Waals surface area contributed by atoms with E-state index in [-0.39, 0.29) is 24.0 Å². The summed E-state index contributed by atoms with van der Waals surface area (Å²) in [6, 6.07) is 7.86. The normalized spacial score (nSPS) is 17.3. The number of H-pyrrole nitrogens is 1. The minimum Gasteiger partial charge on any atom is -0.490 e. The molecule has 1 fully saturated rings. The van der Waals surface area contributed by atoms with Gasteiger partial charge in [0.25, 0.3) is 0 Å². The Bertz CT molecular complexity index is 837. The first-order valence-electron chi connectivity index (χ1n) is 11.4. The number of fused-ring (bicyclic) bond motifs is 1. The zero-order valence-corrected chi connectivity index (χ0v) is 21.1. The smallest absolute Gasteiger partial charge is 0.196 e. The van der Waals surface area contributed by atoms with Crippen molar-refractivity contribution in [2.24, 2.45) is 10.9 Å². The Morgan fingerprint density at radius 3 is 2.78 bits per heavy atom. The van der Waals surface area contributed by atoms with E-state index >= 15 is 0 Å². The zero-order valence-electron chi connectivity index (χ0n) is 18.8. The fraction of sp³-hybridized carbons (Fsp3) is 0.565. The SMILES string of the molecule is CC1CCN(CCCNC(=NCc2ccn[nH]2)Nc2ccc3c(c2)OCCCO3)CC1.I. The molecule has 3 heterocycles. The third-order valence-corrected chi connectivity index (χ3v) is 5.80. The molecule has 4 rings (SSSR count). The van der Waals surface area contributed by atoms with Gasteiger partial charge in [0.2, 0.25) is 0 Å². The number of hydrogen-bond donors (Lipinski definition) is 3. The predicted molar refractivity (Wildman–Crippen MR) is 138 cm³/mol. The van der Waals surface area contributed by atoms with Gasteiger partial charge in [-0.2, -0.15) is 5.10 Å². The number of nitrogens with one attached hydrogen (secondary N) is 3. The molecule has 2 aliphatic rings. The lowest BCUT2D eigenvalue weighted by Crippen LogP contribution is -2.36. The number of ether oxygens (including phenoxy) is 2. The molecule has 0 unspecified atom stereocenters. The molecule has 2 aromatic rings. The van der Waals surface area contributed by atoms with Crippen molar-refractivity contribution in [2.75, 3.05) is 44.7 Å². The molecular weight excluding hydrogens is 519 g/mol. The summed E-state index contributed by atoms with van der Waals surface area (Å²) in [5.41, 5.74) is 1.90. The lowest BCUT2D eigenvalue weighted by molar-refractivity contribution is 0.191.